The molecule has 2 N–H and O–H groups in total. The third-order valence-corrected chi connectivity index (χ3v) is 5.88. The second-order valence-corrected chi connectivity index (χ2v) is 8.09. The first-order valence-corrected chi connectivity index (χ1v) is 10.5. The van der Waals surface area contributed by atoms with E-state index in [4.69, 9.17) is 29.8 Å². The highest BCUT2D eigenvalue weighted by molar-refractivity contribution is 6.37. The third-order valence-electron chi connectivity index (χ3n) is 5.30. The highest BCUT2D eigenvalue weighted by atomic mass is 35.5. The molecule has 8 nitrogen and oxygen atoms in total. The van der Waals surface area contributed by atoms with Crippen LogP contribution < -0.4 is 11.0 Å². The maximum atomic E-state index is 14.1. The van der Waals surface area contributed by atoms with E-state index in [-0.39, 0.29) is 5.15 Å². The zero-order valence-electron chi connectivity index (χ0n) is 17.0. The van der Waals surface area contributed by atoms with E-state index in [1.165, 1.54) is 39.6 Å². The molecule has 1 unspecified atom stereocenters. The van der Waals surface area contributed by atoms with Crippen LogP contribution in [0.25, 0.3) is 27.1 Å². The lowest BCUT2D eigenvalue weighted by atomic mass is 10.1. The van der Waals surface area contributed by atoms with Crippen molar-refractivity contribution in [2.75, 3.05) is 5.32 Å². The minimum absolute atomic E-state index is 0.142. The van der Waals surface area contributed by atoms with Crippen LogP contribution in [0.15, 0.2) is 53.7 Å². The summed E-state index contributed by atoms with van der Waals surface area (Å²) in [5.41, 5.74) is 1.59. The van der Waals surface area contributed by atoms with Gasteiger partial charge >= 0.3 is 5.69 Å². The summed E-state index contributed by atoms with van der Waals surface area (Å²) >= 11 is 12.6. The van der Waals surface area contributed by atoms with E-state index in [0.29, 0.717) is 44.5 Å². The zero-order chi connectivity index (χ0) is 23.3. The van der Waals surface area contributed by atoms with E-state index in [1.807, 2.05) is 6.92 Å². The van der Waals surface area contributed by atoms with Crippen LogP contribution in [0.5, 0.6) is 0 Å². The SMILES string of the molecule is [C-]#[N+]c1c[nH]c2ncnc(NC(C)c3cc4c(Cl)cc(Cl)n4c(=O)n3-c3cccc(F)c3)c12. The topological polar surface area (TPSA) is 84.4 Å². The summed E-state index contributed by atoms with van der Waals surface area (Å²) in [7, 11) is 0. The van der Waals surface area contributed by atoms with Crippen LogP contribution in [0.4, 0.5) is 15.9 Å². The van der Waals surface area contributed by atoms with Gasteiger partial charge in [0.2, 0.25) is 5.69 Å². The monoisotopic (exact) mass is 481 g/mol. The lowest BCUT2D eigenvalue weighted by molar-refractivity contribution is 0.624. The molecule has 0 fully saturated rings. The first kappa shape index (κ1) is 21.0. The Kier molecular flexibility index (Phi) is 5.04. The van der Waals surface area contributed by atoms with Crippen LogP contribution >= 0.6 is 23.2 Å². The van der Waals surface area contributed by atoms with Gasteiger partial charge in [-0.05, 0) is 37.3 Å². The van der Waals surface area contributed by atoms with Crippen molar-refractivity contribution in [3.8, 4) is 5.69 Å². The van der Waals surface area contributed by atoms with E-state index >= 15 is 0 Å². The molecule has 0 aliphatic carbocycles. The summed E-state index contributed by atoms with van der Waals surface area (Å²) in [6, 6.07) is 8.37. The number of benzene rings is 1. The molecule has 0 aliphatic rings. The molecule has 0 bridgehead atoms. The van der Waals surface area contributed by atoms with Crippen molar-refractivity contribution in [2.45, 2.75) is 13.0 Å². The molecular formula is C22H14Cl2FN7O. The first-order chi connectivity index (χ1) is 15.9. The molecule has 0 saturated carbocycles. The predicted molar refractivity (Wildman–Crippen MR) is 125 cm³/mol. The maximum Gasteiger partial charge on any atom is 0.338 e. The van der Waals surface area contributed by atoms with Crippen molar-refractivity contribution >= 4 is 51.3 Å². The van der Waals surface area contributed by atoms with Crippen LogP contribution in [-0.2, 0) is 0 Å². The molecule has 5 aromatic rings. The van der Waals surface area contributed by atoms with Gasteiger partial charge in [0.1, 0.15) is 28.8 Å². The molecule has 0 radical (unpaired) electrons. The number of H-pyrrole nitrogens is 1. The van der Waals surface area contributed by atoms with E-state index in [0.717, 1.165) is 0 Å². The standard InChI is InChI=1S/C22H14Cl2FN7O/c1-11(30-21-19-15(26-2)9-27-20(19)28-10-29-21)16-8-17-14(23)7-18(24)32(17)22(33)31(16)13-5-3-4-12(25)6-13/h3-11H,1H3,(H2,27,28,29,30). The average molecular weight is 482 g/mol. The van der Waals surface area contributed by atoms with E-state index in [9.17, 15) is 9.18 Å². The highest BCUT2D eigenvalue weighted by Gasteiger charge is 2.21. The van der Waals surface area contributed by atoms with E-state index in [1.54, 1.807) is 18.3 Å². The third kappa shape index (κ3) is 3.40. The number of anilines is 1. The van der Waals surface area contributed by atoms with Crippen molar-refractivity contribution in [1.82, 2.24) is 23.9 Å². The van der Waals surface area contributed by atoms with Crippen molar-refractivity contribution in [2.24, 2.45) is 0 Å². The Bertz CT molecular complexity index is 1650. The Morgan fingerprint density at radius 1 is 1.24 bits per heavy atom. The molecule has 1 atom stereocenters. The smallest absolute Gasteiger partial charge is 0.338 e. The number of hydrogen-bond acceptors (Lipinski definition) is 4. The van der Waals surface area contributed by atoms with Gasteiger partial charge in [-0.1, -0.05) is 29.3 Å². The molecule has 11 heteroatoms. The van der Waals surface area contributed by atoms with Gasteiger partial charge in [-0.25, -0.2) is 24.0 Å². The number of halogens is 3. The molecule has 0 saturated heterocycles. The molecular weight excluding hydrogens is 468 g/mol. The lowest BCUT2D eigenvalue weighted by Gasteiger charge is -2.21. The summed E-state index contributed by atoms with van der Waals surface area (Å²) in [5, 5.41) is 4.23. The fourth-order valence-electron chi connectivity index (χ4n) is 3.82. The zero-order valence-corrected chi connectivity index (χ0v) is 18.5. The predicted octanol–water partition coefficient (Wildman–Crippen LogP) is 5.53. The minimum atomic E-state index is -0.512. The normalized spacial score (nSPS) is 12.2. The Morgan fingerprint density at radius 3 is 2.82 bits per heavy atom. The number of hydrogen-bond donors (Lipinski definition) is 2. The first-order valence-electron chi connectivity index (χ1n) is 9.73. The molecule has 5 rings (SSSR count). The lowest BCUT2D eigenvalue weighted by Crippen LogP contribution is -2.30. The van der Waals surface area contributed by atoms with E-state index in [2.05, 4.69) is 25.1 Å². The number of rotatable bonds is 4. The summed E-state index contributed by atoms with van der Waals surface area (Å²) < 4.78 is 16.7. The maximum absolute atomic E-state index is 14.1. The fraction of sp³-hybridized carbons (Fsp3) is 0.0909. The summed E-state index contributed by atoms with van der Waals surface area (Å²) in [6.45, 7) is 9.22. The Balaban J connectivity index is 1.73. The molecule has 0 aliphatic heterocycles. The van der Waals surface area contributed by atoms with Crippen molar-refractivity contribution in [1.29, 1.82) is 0 Å². The average Bonchev–Trinajstić information content (AvgIpc) is 3.34. The molecule has 33 heavy (non-hydrogen) atoms. The van der Waals surface area contributed by atoms with Gasteiger partial charge < -0.3 is 10.3 Å². The second-order valence-electron chi connectivity index (χ2n) is 7.30. The Labute approximate surface area is 196 Å². The van der Waals surface area contributed by atoms with E-state index < -0.39 is 17.5 Å². The van der Waals surface area contributed by atoms with Gasteiger partial charge in [-0.3, -0.25) is 8.97 Å². The van der Waals surface area contributed by atoms with Crippen molar-refractivity contribution in [3.05, 3.63) is 92.5 Å². The number of aromatic nitrogens is 5. The van der Waals surface area contributed by atoms with Crippen LogP contribution in [-0.4, -0.2) is 23.9 Å². The van der Waals surface area contributed by atoms with Crippen LogP contribution in [0.1, 0.15) is 18.7 Å². The quantitative estimate of drug-likeness (QED) is 0.330. The van der Waals surface area contributed by atoms with Gasteiger partial charge in [-0.15, -0.1) is 0 Å². The van der Waals surface area contributed by atoms with Crippen LogP contribution in [0.3, 0.4) is 0 Å². The number of nitrogens with zero attached hydrogens (tertiary/aromatic N) is 5. The molecule has 1 aromatic carbocycles. The summed E-state index contributed by atoms with van der Waals surface area (Å²) in [5.74, 6) is -0.0772. The minimum Gasteiger partial charge on any atom is -0.362 e. The van der Waals surface area contributed by atoms with Gasteiger partial charge in [0.15, 0.2) is 0 Å². The number of aromatic amines is 1. The second kappa shape index (κ2) is 7.92. The number of nitrogens with one attached hydrogen (secondary N) is 2. The molecule has 0 amide bonds. The van der Waals surface area contributed by atoms with Crippen LogP contribution in [0, 0.1) is 12.4 Å². The van der Waals surface area contributed by atoms with Gasteiger partial charge in [-0.2, -0.15) is 0 Å². The fourth-order valence-corrected chi connectivity index (χ4v) is 4.40. The molecule has 0 spiro atoms. The van der Waals surface area contributed by atoms with Gasteiger partial charge in [0.05, 0.1) is 39.9 Å². The Morgan fingerprint density at radius 2 is 2.06 bits per heavy atom. The summed E-state index contributed by atoms with van der Waals surface area (Å²) in [6.07, 6.45) is 2.92. The van der Waals surface area contributed by atoms with Crippen LogP contribution in [0.2, 0.25) is 10.2 Å². The van der Waals surface area contributed by atoms with Crippen molar-refractivity contribution in [3.63, 3.8) is 0 Å². The van der Waals surface area contributed by atoms with Crippen molar-refractivity contribution < 1.29 is 4.39 Å². The number of fused-ring (bicyclic) bond motifs is 2. The van der Waals surface area contributed by atoms with Gasteiger partial charge in [0.25, 0.3) is 0 Å². The molecule has 164 valence electrons. The molecule has 4 aromatic heterocycles. The largest absolute Gasteiger partial charge is 0.362 e. The summed E-state index contributed by atoms with van der Waals surface area (Å²) in [4.78, 5) is 28.4. The highest BCUT2D eigenvalue weighted by Crippen LogP contribution is 2.33. The van der Waals surface area contributed by atoms with Gasteiger partial charge in [0, 0.05) is 6.20 Å². The molecule has 4 heterocycles. The Hall–Kier alpha value is -3.87.